The molecule has 3 aromatic carbocycles. The summed E-state index contributed by atoms with van der Waals surface area (Å²) in [6, 6.07) is 15.9. The Morgan fingerprint density at radius 3 is 1.67 bits per heavy atom. The average molecular weight is 747 g/mol. The van der Waals surface area contributed by atoms with E-state index in [1.54, 1.807) is 48.5 Å². The van der Waals surface area contributed by atoms with Crippen LogP contribution in [0.1, 0.15) is 70.1 Å². The number of carbonyl (C=O) groups excluding carboxylic acids is 2. The molecule has 288 valence electrons. The smallest absolute Gasteiger partial charge is 0.326 e. The van der Waals surface area contributed by atoms with Gasteiger partial charge in [0.1, 0.15) is 12.1 Å². The van der Waals surface area contributed by atoms with Crippen molar-refractivity contribution in [2.24, 2.45) is 11.3 Å². The highest BCUT2D eigenvalue weighted by atomic mass is 16.6. The van der Waals surface area contributed by atoms with Crippen LogP contribution in [0.5, 0.6) is 0 Å². The molecule has 3 unspecified atom stereocenters. The van der Waals surface area contributed by atoms with Crippen molar-refractivity contribution in [2.45, 2.75) is 78.3 Å². The van der Waals surface area contributed by atoms with Gasteiger partial charge in [0.15, 0.2) is 5.82 Å². The van der Waals surface area contributed by atoms with E-state index >= 15 is 0 Å². The Kier molecular flexibility index (Phi) is 14.8. The second kappa shape index (κ2) is 19.0. The molecule has 3 atom stereocenters. The number of aliphatic carboxylic acids is 2. The minimum absolute atomic E-state index is 0.0320. The Bertz CT molecular complexity index is 1850. The number of benzene rings is 3. The predicted octanol–water partition coefficient (Wildman–Crippen LogP) is 5.68. The number of hydrogen-bond acceptors (Lipinski definition) is 10. The summed E-state index contributed by atoms with van der Waals surface area (Å²) in [5, 5.41) is 53.2. The number of amides is 2. The molecule has 54 heavy (non-hydrogen) atoms. The lowest BCUT2D eigenvalue weighted by Crippen LogP contribution is -2.45. The largest absolute Gasteiger partial charge is 0.480 e. The molecular weight excluding hydrogens is 700 g/mol. The lowest BCUT2D eigenvalue weighted by atomic mass is 9.88. The second-order valence-corrected chi connectivity index (χ2v) is 14.5. The number of nitrogens with one attached hydrogen (secondary N) is 4. The zero-order valence-electron chi connectivity index (χ0n) is 30.7. The zero-order valence-corrected chi connectivity index (χ0v) is 30.7. The van der Waals surface area contributed by atoms with Gasteiger partial charge < -0.3 is 31.5 Å². The van der Waals surface area contributed by atoms with Crippen molar-refractivity contribution in [2.75, 3.05) is 10.6 Å². The summed E-state index contributed by atoms with van der Waals surface area (Å²) in [5.74, 6) is -4.26. The first-order chi connectivity index (χ1) is 25.3. The Labute approximate surface area is 312 Å². The van der Waals surface area contributed by atoms with Gasteiger partial charge >= 0.3 is 11.9 Å². The summed E-state index contributed by atoms with van der Waals surface area (Å²) in [6.07, 6.45) is 0.928. The van der Waals surface area contributed by atoms with Crippen LogP contribution in [0.3, 0.4) is 0 Å². The van der Waals surface area contributed by atoms with Crippen molar-refractivity contribution in [3.8, 4) is 0 Å². The lowest BCUT2D eigenvalue weighted by Gasteiger charge is -2.24. The SMILES string of the molecule is CC(C)CC(C(=O)NC(Cc1ccccc1CC(NC(=O)CC(C)(C)C)C(=O)O)C(=O)O)c1ccc(NC(=C[N+](=O)[O-])Nc2ccc([N+](=O)[O-])cc2)cc1. The molecule has 0 aliphatic rings. The van der Waals surface area contributed by atoms with E-state index in [1.807, 2.05) is 34.6 Å². The molecule has 0 bridgehead atoms. The number of rotatable bonds is 19. The minimum atomic E-state index is -1.37. The van der Waals surface area contributed by atoms with E-state index in [2.05, 4.69) is 21.3 Å². The highest BCUT2D eigenvalue weighted by molar-refractivity contribution is 5.88. The molecule has 0 fully saturated rings. The van der Waals surface area contributed by atoms with Crippen molar-refractivity contribution >= 4 is 40.8 Å². The predicted molar refractivity (Wildman–Crippen MR) is 201 cm³/mol. The van der Waals surface area contributed by atoms with Crippen molar-refractivity contribution in [3.05, 3.63) is 122 Å². The van der Waals surface area contributed by atoms with Crippen LogP contribution in [0.4, 0.5) is 17.1 Å². The molecule has 0 saturated heterocycles. The van der Waals surface area contributed by atoms with Gasteiger partial charge in [0, 0.05) is 42.8 Å². The highest BCUT2D eigenvalue weighted by Crippen LogP contribution is 2.27. The van der Waals surface area contributed by atoms with E-state index < -0.39 is 51.6 Å². The quantitative estimate of drug-likeness (QED) is 0.0641. The normalized spacial score (nSPS) is 13.3. The van der Waals surface area contributed by atoms with Crippen LogP contribution in [0.15, 0.2) is 84.8 Å². The van der Waals surface area contributed by atoms with E-state index in [0.717, 1.165) is 0 Å². The van der Waals surface area contributed by atoms with Gasteiger partial charge in [-0.3, -0.25) is 29.8 Å². The third-order valence-electron chi connectivity index (χ3n) is 8.11. The molecule has 0 heterocycles. The van der Waals surface area contributed by atoms with Gasteiger partial charge in [0.25, 0.3) is 11.9 Å². The molecule has 16 heteroatoms. The number of nitrogens with zero attached hydrogens (tertiary/aromatic N) is 2. The van der Waals surface area contributed by atoms with Gasteiger partial charge in [0.2, 0.25) is 11.8 Å². The van der Waals surface area contributed by atoms with Gasteiger partial charge in [-0.25, -0.2) is 9.59 Å². The number of hydrogen-bond donors (Lipinski definition) is 6. The molecule has 2 amide bonds. The number of carboxylic acid groups (broad SMARTS) is 2. The van der Waals surface area contributed by atoms with Crippen LogP contribution in [-0.4, -0.2) is 55.9 Å². The molecular formula is C38H46N6O10. The van der Waals surface area contributed by atoms with Crippen LogP contribution in [0.25, 0.3) is 0 Å². The first kappa shape index (κ1) is 42.1. The van der Waals surface area contributed by atoms with Crippen molar-refractivity contribution in [1.29, 1.82) is 0 Å². The van der Waals surface area contributed by atoms with Crippen LogP contribution < -0.4 is 21.3 Å². The monoisotopic (exact) mass is 746 g/mol. The van der Waals surface area contributed by atoms with Gasteiger partial charge in [0.05, 0.1) is 15.8 Å². The lowest BCUT2D eigenvalue weighted by molar-refractivity contribution is -0.403. The number of carboxylic acids is 2. The minimum Gasteiger partial charge on any atom is -0.480 e. The molecule has 6 N–H and O–H groups in total. The summed E-state index contributed by atoms with van der Waals surface area (Å²) >= 11 is 0. The van der Waals surface area contributed by atoms with Gasteiger partial charge in [-0.2, -0.15) is 0 Å². The molecule has 16 nitrogen and oxygen atoms in total. The summed E-state index contributed by atoms with van der Waals surface area (Å²) in [6.45, 7) is 9.41. The fourth-order valence-electron chi connectivity index (χ4n) is 5.64. The molecule has 3 aromatic rings. The third-order valence-corrected chi connectivity index (χ3v) is 8.11. The van der Waals surface area contributed by atoms with E-state index in [9.17, 15) is 49.6 Å². The Morgan fingerprint density at radius 1 is 0.759 bits per heavy atom. The molecule has 0 radical (unpaired) electrons. The fraction of sp³-hybridized carbons (Fsp3) is 0.368. The second-order valence-electron chi connectivity index (χ2n) is 14.5. The van der Waals surface area contributed by atoms with Crippen LogP contribution >= 0.6 is 0 Å². The zero-order chi connectivity index (χ0) is 40.2. The van der Waals surface area contributed by atoms with Crippen LogP contribution in [0, 0.1) is 31.6 Å². The Balaban J connectivity index is 1.79. The number of non-ortho nitro benzene ring substituents is 1. The number of anilines is 2. The summed E-state index contributed by atoms with van der Waals surface area (Å²) in [4.78, 5) is 71.9. The van der Waals surface area contributed by atoms with Gasteiger partial charge in [-0.1, -0.05) is 71.0 Å². The van der Waals surface area contributed by atoms with Crippen LogP contribution in [-0.2, 0) is 32.0 Å². The van der Waals surface area contributed by atoms with Crippen molar-refractivity contribution in [1.82, 2.24) is 10.6 Å². The van der Waals surface area contributed by atoms with Gasteiger partial charge in [-0.15, -0.1) is 0 Å². The van der Waals surface area contributed by atoms with E-state index in [1.165, 1.54) is 24.3 Å². The molecule has 0 saturated carbocycles. The number of nitro benzene ring substituents is 1. The van der Waals surface area contributed by atoms with E-state index in [4.69, 9.17) is 0 Å². The summed E-state index contributed by atoms with van der Waals surface area (Å²) < 4.78 is 0. The first-order valence-electron chi connectivity index (χ1n) is 17.2. The topological polar surface area (TPSA) is 243 Å². The standard InChI is InChI=1S/C38H46N6O10/c1-23(2)18-30(24-10-12-27(13-11-24)39-33(22-43(51)52)40-28-14-16-29(17-15-28)44(53)54)35(46)42-32(37(49)50)20-26-9-7-6-8-25(26)19-31(36(47)48)41-34(45)21-38(3,4)5/h6-17,22-23,30-32,39-40H,18-21H2,1-5H3,(H,41,45)(H,42,46)(H,47,48)(H,49,50). The van der Waals surface area contributed by atoms with Crippen LogP contribution in [0.2, 0.25) is 0 Å². The summed E-state index contributed by atoms with van der Waals surface area (Å²) in [7, 11) is 0. The van der Waals surface area contributed by atoms with Gasteiger partial charge in [-0.05, 0) is 58.7 Å². The molecule has 0 aliphatic carbocycles. The molecule has 3 rings (SSSR count). The highest BCUT2D eigenvalue weighted by Gasteiger charge is 2.29. The molecule has 0 aromatic heterocycles. The Morgan fingerprint density at radius 2 is 1.24 bits per heavy atom. The van der Waals surface area contributed by atoms with E-state index in [0.29, 0.717) is 40.7 Å². The van der Waals surface area contributed by atoms with Crippen molar-refractivity contribution in [3.63, 3.8) is 0 Å². The van der Waals surface area contributed by atoms with Crippen molar-refractivity contribution < 1.29 is 39.2 Å². The van der Waals surface area contributed by atoms with E-state index in [-0.39, 0.29) is 42.1 Å². The maximum atomic E-state index is 13.8. The molecule has 0 aliphatic heterocycles. The fourth-order valence-corrected chi connectivity index (χ4v) is 5.64. The average Bonchev–Trinajstić information content (AvgIpc) is 3.06. The number of nitro groups is 2. The molecule has 0 spiro atoms. The number of carbonyl (C=O) groups is 4. The summed E-state index contributed by atoms with van der Waals surface area (Å²) in [5.41, 5.74) is 1.84. The third kappa shape index (κ3) is 13.7. The maximum absolute atomic E-state index is 13.8. The first-order valence-corrected chi connectivity index (χ1v) is 17.2. The Hall–Kier alpha value is -6.32. The maximum Gasteiger partial charge on any atom is 0.326 e.